The van der Waals surface area contributed by atoms with Gasteiger partial charge in [0.05, 0.1) is 17.9 Å². The SMILES string of the molecule is CCOC(=O)c1ccc(-n2cc(-c3ccccc3)[nH]c2=S)cc1. The first kappa shape index (κ1) is 15.2. The van der Waals surface area contributed by atoms with E-state index in [0.29, 0.717) is 16.9 Å². The van der Waals surface area contributed by atoms with Gasteiger partial charge in [-0.3, -0.25) is 4.57 Å². The Kier molecular flexibility index (Phi) is 4.39. The van der Waals surface area contributed by atoms with E-state index in [1.54, 1.807) is 19.1 Å². The van der Waals surface area contributed by atoms with Gasteiger partial charge in [-0.05, 0) is 49.0 Å². The molecule has 0 aliphatic rings. The van der Waals surface area contributed by atoms with Gasteiger partial charge in [-0.25, -0.2) is 4.79 Å². The molecule has 0 fully saturated rings. The van der Waals surface area contributed by atoms with Crippen LogP contribution in [0.15, 0.2) is 60.8 Å². The third-order valence-electron chi connectivity index (χ3n) is 3.46. The number of ether oxygens (including phenoxy) is 1. The van der Waals surface area contributed by atoms with E-state index in [0.717, 1.165) is 16.9 Å². The number of benzene rings is 2. The van der Waals surface area contributed by atoms with Gasteiger partial charge in [0.15, 0.2) is 4.77 Å². The molecule has 2 aromatic carbocycles. The highest BCUT2D eigenvalue weighted by Gasteiger charge is 2.08. The van der Waals surface area contributed by atoms with Crippen LogP contribution in [0.25, 0.3) is 16.9 Å². The number of rotatable bonds is 4. The third-order valence-corrected chi connectivity index (χ3v) is 3.76. The molecule has 0 unspecified atom stereocenters. The Morgan fingerprint density at radius 1 is 1.13 bits per heavy atom. The maximum Gasteiger partial charge on any atom is 0.338 e. The number of esters is 1. The number of nitrogens with zero attached hydrogens (tertiary/aromatic N) is 1. The van der Waals surface area contributed by atoms with Crippen LogP contribution in [-0.2, 0) is 4.74 Å². The molecule has 23 heavy (non-hydrogen) atoms. The number of nitrogens with one attached hydrogen (secondary N) is 1. The van der Waals surface area contributed by atoms with Crippen molar-refractivity contribution < 1.29 is 9.53 Å². The van der Waals surface area contributed by atoms with E-state index in [1.165, 1.54) is 0 Å². The van der Waals surface area contributed by atoms with E-state index in [4.69, 9.17) is 17.0 Å². The highest BCUT2D eigenvalue weighted by Crippen LogP contribution is 2.20. The molecule has 0 saturated heterocycles. The molecule has 1 N–H and O–H groups in total. The fraction of sp³-hybridized carbons (Fsp3) is 0.111. The van der Waals surface area contributed by atoms with Crippen LogP contribution in [0.2, 0.25) is 0 Å². The van der Waals surface area contributed by atoms with Crippen LogP contribution in [-0.4, -0.2) is 22.1 Å². The lowest BCUT2D eigenvalue weighted by atomic mass is 10.2. The number of carbonyl (C=O) groups is 1. The molecule has 0 atom stereocenters. The molecule has 0 amide bonds. The van der Waals surface area contributed by atoms with Crippen molar-refractivity contribution in [3.05, 3.63) is 71.1 Å². The first-order chi connectivity index (χ1) is 11.2. The quantitative estimate of drug-likeness (QED) is 0.572. The Morgan fingerprint density at radius 2 is 1.83 bits per heavy atom. The van der Waals surface area contributed by atoms with Gasteiger partial charge < -0.3 is 9.72 Å². The molecular weight excluding hydrogens is 308 g/mol. The van der Waals surface area contributed by atoms with Crippen molar-refractivity contribution in [2.45, 2.75) is 6.92 Å². The second-order valence-corrected chi connectivity index (χ2v) is 5.36. The molecule has 116 valence electrons. The Balaban J connectivity index is 1.92. The van der Waals surface area contributed by atoms with Gasteiger partial charge in [-0.15, -0.1) is 0 Å². The summed E-state index contributed by atoms with van der Waals surface area (Å²) in [5, 5.41) is 0. The molecule has 0 radical (unpaired) electrons. The van der Waals surface area contributed by atoms with Crippen LogP contribution in [0, 0.1) is 4.77 Å². The van der Waals surface area contributed by atoms with Gasteiger partial charge in [0.25, 0.3) is 0 Å². The van der Waals surface area contributed by atoms with Crippen LogP contribution in [0.5, 0.6) is 0 Å². The summed E-state index contributed by atoms with van der Waals surface area (Å²) in [7, 11) is 0. The highest BCUT2D eigenvalue weighted by molar-refractivity contribution is 7.71. The largest absolute Gasteiger partial charge is 0.462 e. The minimum Gasteiger partial charge on any atom is -0.462 e. The lowest BCUT2D eigenvalue weighted by Gasteiger charge is -2.04. The first-order valence-corrected chi connectivity index (χ1v) is 7.74. The molecule has 5 heteroatoms. The summed E-state index contributed by atoms with van der Waals surface area (Å²) < 4.78 is 7.47. The second-order valence-electron chi connectivity index (χ2n) is 4.98. The van der Waals surface area contributed by atoms with E-state index >= 15 is 0 Å². The molecular formula is C18H16N2O2S. The Bertz CT molecular complexity index is 864. The Morgan fingerprint density at radius 3 is 2.48 bits per heavy atom. The molecule has 0 bridgehead atoms. The molecule has 3 aromatic rings. The number of imidazole rings is 1. The molecule has 1 aromatic heterocycles. The van der Waals surface area contributed by atoms with E-state index in [2.05, 4.69) is 4.98 Å². The van der Waals surface area contributed by atoms with E-state index in [9.17, 15) is 4.79 Å². The van der Waals surface area contributed by atoms with Crippen LogP contribution in [0.4, 0.5) is 0 Å². The minimum absolute atomic E-state index is 0.318. The molecule has 0 aliphatic carbocycles. The lowest BCUT2D eigenvalue weighted by Crippen LogP contribution is -2.04. The predicted octanol–water partition coefficient (Wildman–Crippen LogP) is 4.38. The smallest absolute Gasteiger partial charge is 0.338 e. The van der Waals surface area contributed by atoms with E-state index in [1.807, 2.05) is 53.2 Å². The van der Waals surface area contributed by atoms with Gasteiger partial charge in [-0.1, -0.05) is 30.3 Å². The monoisotopic (exact) mass is 324 g/mol. The van der Waals surface area contributed by atoms with Crippen molar-refractivity contribution in [2.75, 3.05) is 6.61 Å². The average Bonchev–Trinajstić information content (AvgIpc) is 2.98. The number of aromatic nitrogens is 2. The summed E-state index contributed by atoms with van der Waals surface area (Å²) in [6.45, 7) is 2.15. The standard InChI is InChI=1S/C18H16N2O2S/c1-2-22-17(21)14-8-10-15(11-9-14)20-12-16(19-18(20)23)13-6-4-3-5-7-13/h3-12H,2H2,1H3,(H,19,23). The highest BCUT2D eigenvalue weighted by atomic mass is 32.1. The first-order valence-electron chi connectivity index (χ1n) is 7.33. The normalized spacial score (nSPS) is 10.5. The average molecular weight is 324 g/mol. The predicted molar refractivity (Wildman–Crippen MR) is 92.3 cm³/mol. The Hall–Kier alpha value is -2.66. The van der Waals surface area contributed by atoms with Crippen LogP contribution in [0.3, 0.4) is 0 Å². The van der Waals surface area contributed by atoms with Crippen molar-refractivity contribution in [3.8, 4) is 16.9 Å². The van der Waals surface area contributed by atoms with Crippen LogP contribution in [0.1, 0.15) is 17.3 Å². The fourth-order valence-corrected chi connectivity index (χ4v) is 2.59. The summed E-state index contributed by atoms with van der Waals surface area (Å²) in [4.78, 5) is 14.9. The number of hydrogen-bond donors (Lipinski definition) is 1. The number of H-pyrrole nitrogens is 1. The van der Waals surface area contributed by atoms with Gasteiger partial charge in [-0.2, -0.15) is 0 Å². The third kappa shape index (κ3) is 3.24. The van der Waals surface area contributed by atoms with Gasteiger partial charge in [0, 0.05) is 11.9 Å². The van der Waals surface area contributed by atoms with Gasteiger partial charge >= 0.3 is 5.97 Å². The second kappa shape index (κ2) is 6.62. The fourth-order valence-electron chi connectivity index (χ4n) is 2.32. The number of carbonyl (C=O) groups excluding carboxylic acids is 1. The van der Waals surface area contributed by atoms with Crippen molar-refractivity contribution in [1.29, 1.82) is 0 Å². The van der Waals surface area contributed by atoms with Crippen molar-refractivity contribution in [3.63, 3.8) is 0 Å². The zero-order chi connectivity index (χ0) is 16.2. The van der Waals surface area contributed by atoms with Crippen LogP contribution >= 0.6 is 12.2 Å². The Labute approximate surface area is 139 Å². The summed E-state index contributed by atoms with van der Waals surface area (Å²) in [5.74, 6) is -0.318. The maximum atomic E-state index is 11.7. The zero-order valence-electron chi connectivity index (χ0n) is 12.7. The van der Waals surface area contributed by atoms with Crippen molar-refractivity contribution in [2.24, 2.45) is 0 Å². The van der Waals surface area contributed by atoms with Crippen molar-refractivity contribution >= 4 is 18.2 Å². The number of hydrogen-bond acceptors (Lipinski definition) is 3. The minimum atomic E-state index is -0.318. The summed E-state index contributed by atoms with van der Waals surface area (Å²) in [6, 6.07) is 17.2. The molecule has 4 nitrogen and oxygen atoms in total. The van der Waals surface area contributed by atoms with E-state index in [-0.39, 0.29) is 5.97 Å². The summed E-state index contributed by atoms with van der Waals surface area (Å²) in [5.41, 5.74) is 3.44. The lowest BCUT2D eigenvalue weighted by molar-refractivity contribution is 0.0526. The summed E-state index contributed by atoms with van der Waals surface area (Å²) >= 11 is 5.40. The van der Waals surface area contributed by atoms with Gasteiger partial charge in [0.1, 0.15) is 0 Å². The van der Waals surface area contributed by atoms with Crippen molar-refractivity contribution in [1.82, 2.24) is 9.55 Å². The topological polar surface area (TPSA) is 47.0 Å². The summed E-state index contributed by atoms with van der Waals surface area (Å²) in [6.07, 6.45) is 1.96. The molecule has 0 aliphatic heterocycles. The van der Waals surface area contributed by atoms with E-state index < -0.39 is 0 Å². The number of aromatic amines is 1. The maximum absolute atomic E-state index is 11.7. The molecule has 0 spiro atoms. The van der Waals surface area contributed by atoms with Gasteiger partial charge in [0.2, 0.25) is 0 Å². The molecule has 0 saturated carbocycles. The zero-order valence-corrected chi connectivity index (χ0v) is 13.5. The van der Waals surface area contributed by atoms with Crippen LogP contribution < -0.4 is 0 Å². The molecule has 1 heterocycles. The molecule has 3 rings (SSSR count).